The molecule has 0 bridgehead atoms. The van der Waals surface area contributed by atoms with Crippen molar-refractivity contribution in [1.82, 2.24) is 15.2 Å². The standard InChI is InChI=1S/C15H11FN4O2/c1-9-19-20-15(22-9)11-3-2-4-12(7-11)18-14(21)10-5-6-17-13(16)8-10/h2-8H,1H3,(H,18,21). The van der Waals surface area contributed by atoms with Crippen LogP contribution in [-0.2, 0) is 0 Å². The van der Waals surface area contributed by atoms with Gasteiger partial charge < -0.3 is 9.73 Å². The van der Waals surface area contributed by atoms with Crippen molar-refractivity contribution in [2.75, 3.05) is 5.32 Å². The minimum Gasteiger partial charge on any atom is -0.421 e. The third kappa shape index (κ3) is 2.98. The molecule has 0 radical (unpaired) electrons. The van der Waals surface area contributed by atoms with Gasteiger partial charge in [-0.15, -0.1) is 10.2 Å². The molecule has 2 aromatic heterocycles. The van der Waals surface area contributed by atoms with Crippen LogP contribution < -0.4 is 5.32 Å². The fourth-order valence-corrected chi connectivity index (χ4v) is 1.89. The molecule has 1 aromatic carbocycles. The van der Waals surface area contributed by atoms with Crippen LogP contribution in [0.25, 0.3) is 11.5 Å². The summed E-state index contributed by atoms with van der Waals surface area (Å²) in [6, 6.07) is 9.45. The Balaban J connectivity index is 1.82. The molecule has 0 aliphatic carbocycles. The lowest BCUT2D eigenvalue weighted by atomic mass is 10.2. The highest BCUT2D eigenvalue weighted by molar-refractivity contribution is 6.04. The summed E-state index contributed by atoms with van der Waals surface area (Å²) < 4.78 is 18.4. The maximum Gasteiger partial charge on any atom is 0.255 e. The number of carbonyl (C=O) groups is 1. The number of aryl methyl sites for hydroxylation is 1. The number of anilines is 1. The fraction of sp³-hybridized carbons (Fsp3) is 0.0667. The Labute approximate surface area is 125 Å². The lowest BCUT2D eigenvalue weighted by molar-refractivity contribution is 0.102. The van der Waals surface area contributed by atoms with E-state index in [4.69, 9.17) is 4.42 Å². The van der Waals surface area contributed by atoms with Gasteiger partial charge in [-0.25, -0.2) is 4.98 Å². The molecular weight excluding hydrogens is 287 g/mol. The van der Waals surface area contributed by atoms with Crippen molar-refractivity contribution in [3.63, 3.8) is 0 Å². The number of pyridine rings is 1. The Morgan fingerprint density at radius 1 is 1.23 bits per heavy atom. The number of carbonyl (C=O) groups excluding carboxylic acids is 1. The summed E-state index contributed by atoms with van der Waals surface area (Å²) in [6.07, 6.45) is 1.24. The predicted octanol–water partition coefficient (Wildman–Crippen LogP) is 2.83. The van der Waals surface area contributed by atoms with Crippen LogP contribution in [-0.4, -0.2) is 21.1 Å². The largest absolute Gasteiger partial charge is 0.421 e. The van der Waals surface area contributed by atoms with E-state index in [1.165, 1.54) is 12.3 Å². The highest BCUT2D eigenvalue weighted by Gasteiger charge is 2.10. The molecule has 0 unspecified atom stereocenters. The molecule has 2 heterocycles. The first-order valence-electron chi connectivity index (χ1n) is 6.45. The lowest BCUT2D eigenvalue weighted by Crippen LogP contribution is -2.12. The van der Waals surface area contributed by atoms with Crippen LogP contribution in [0.5, 0.6) is 0 Å². The van der Waals surface area contributed by atoms with Crippen molar-refractivity contribution in [2.24, 2.45) is 0 Å². The number of amides is 1. The third-order valence-corrected chi connectivity index (χ3v) is 2.88. The molecule has 0 aliphatic heterocycles. The molecule has 0 spiro atoms. The molecule has 110 valence electrons. The fourth-order valence-electron chi connectivity index (χ4n) is 1.89. The number of aromatic nitrogens is 3. The number of halogens is 1. The van der Waals surface area contributed by atoms with Gasteiger partial charge in [0.25, 0.3) is 5.91 Å². The van der Waals surface area contributed by atoms with Gasteiger partial charge in [0.15, 0.2) is 0 Å². The van der Waals surface area contributed by atoms with E-state index >= 15 is 0 Å². The van der Waals surface area contributed by atoms with Gasteiger partial charge in [0, 0.05) is 36.0 Å². The van der Waals surface area contributed by atoms with Crippen molar-refractivity contribution in [3.8, 4) is 11.5 Å². The van der Waals surface area contributed by atoms with Gasteiger partial charge in [0.1, 0.15) is 0 Å². The van der Waals surface area contributed by atoms with Gasteiger partial charge in [-0.3, -0.25) is 4.79 Å². The molecular formula is C15H11FN4O2. The Morgan fingerprint density at radius 2 is 2.09 bits per heavy atom. The molecule has 1 N–H and O–H groups in total. The van der Waals surface area contributed by atoms with Crippen molar-refractivity contribution in [3.05, 3.63) is 60.0 Å². The van der Waals surface area contributed by atoms with E-state index in [2.05, 4.69) is 20.5 Å². The van der Waals surface area contributed by atoms with E-state index in [0.717, 1.165) is 6.07 Å². The summed E-state index contributed by atoms with van der Waals surface area (Å²) in [5.41, 5.74) is 1.40. The molecule has 3 aromatic rings. The van der Waals surface area contributed by atoms with Gasteiger partial charge in [0.2, 0.25) is 17.7 Å². The topological polar surface area (TPSA) is 80.9 Å². The first kappa shape index (κ1) is 13.9. The van der Waals surface area contributed by atoms with Crippen LogP contribution in [0.4, 0.5) is 10.1 Å². The molecule has 0 fully saturated rings. The molecule has 0 saturated heterocycles. The minimum absolute atomic E-state index is 0.187. The van der Waals surface area contributed by atoms with Crippen LogP contribution >= 0.6 is 0 Å². The average Bonchev–Trinajstić information content (AvgIpc) is 2.94. The smallest absolute Gasteiger partial charge is 0.255 e. The van der Waals surface area contributed by atoms with Gasteiger partial charge in [0.05, 0.1) is 0 Å². The number of benzene rings is 1. The maximum atomic E-state index is 13.0. The number of hydrogen-bond donors (Lipinski definition) is 1. The maximum absolute atomic E-state index is 13.0. The number of nitrogens with zero attached hydrogens (tertiary/aromatic N) is 3. The van der Waals surface area contributed by atoms with E-state index < -0.39 is 11.9 Å². The zero-order valence-electron chi connectivity index (χ0n) is 11.6. The second-order valence-corrected chi connectivity index (χ2v) is 4.53. The van der Waals surface area contributed by atoms with Crippen molar-refractivity contribution < 1.29 is 13.6 Å². The first-order valence-corrected chi connectivity index (χ1v) is 6.45. The van der Waals surface area contributed by atoms with Crippen LogP contribution in [0, 0.1) is 12.9 Å². The summed E-state index contributed by atoms with van der Waals surface area (Å²) in [6.45, 7) is 1.69. The lowest BCUT2D eigenvalue weighted by Gasteiger charge is -2.06. The molecule has 3 rings (SSSR count). The van der Waals surface area contributed by atoms with E-state index in [1.807, 2.05) is 0 Å². The Bertz CT molecular complexity index is 832. The highest BCUT2D eigenvalue weighted by Crippen LogP contribution is 2.21. The van der Waals surface area contributed by atoms with E-state index in [1.54, 1.807) is 31.2 Å². The SMILES string of the molecule is Cc1nnc(-c2cccc(NC(=O)c3ccnc(F)c3)c2)o1. The van der Waals surface area contributed by atoms with Gasteiger partial charge in [-0.2, -0.15) is 4.39 Å². The molecule has 1 amide bonds. The summed E-state index contributed by atoms with van der Waals surface area (Å²) in [7, 11) is 0. The Kier molecular flexibility index (Phi) is 3.61. The molecule has 7 heteroatoms. The number of rotatable bonds is 3. The van der Waals surface area contributed by atoms with Crippen molar-refractivity contribution in [2.45, 2.75) is 6.92 Å². The van der Waals surface area contributed by atoms with Gasteiger partial charge in [-0.05, 0) is 24.3 Å². The van der Waals surface area contributed by atoms with Crippen molar-refractivity contribution >= 4 is 11.6 Å². The van der Waals surface area contributed by atoms with E-state index in [9.17, 15) is 9.18 Å². The van der Waals surface area contributed by atoms with Crippen LogP contribution in [0.2, 0.25) is 0 Å². The molecule has 0 atom stereocenters. The minimum atomic E-state index is -0.706. The quantitative estimate of drug-likeness (QED) is 0.752. The van der Waals surface area contributed by atoms with Gasteiger partial charge in [-0.1, -0.05) is 6.07 Å². The van der Waals surface area contributed by atoms with Gasteiger partial charge >= 0.3 is 0 Å². The Hall–Kier alpha value is -3.09. The molecule has 0 saturated carbocycles. The number of nitrogens with one attached hydrogen (secondary N) is 1. The van der Waals surface area contributed by atoms with Crippen LogP contribution in [0.3, 0.4) is 0 Å². The first-order chi connectivity index (χ1) is 10.6. The summed E-state index contributed by atoms with van der Waals surface area (Å²) in [5, 5.41) is 10.4. The number of hydrogen-bond acceptors (Lipinski definition) is 5. The van der Waals surface area contributed by atoms with E-state index in [0.29, 0.717) is 23.0 Å². The zero-order valence-corrected chi connectivity index (χ0v) is 11.6. The zero-order chi connectivity index (χ0) is 15.5. The van der Waals surface area contributed by atoms with Crippen LogP contribution in [0.1, 0.15) is 16.2 Å². The molecule has 22 heavy (non-hydrogen) atoms. The molecule has 6 nitrogen and oxygen atoms in total. The Morgan fingerprint density at radius 3 is 2.82 bits per heavy atom. The second-order valence-electron chi connectivity index (χ2n) is 4.53. The third-order valence-electron chi connectivity index (χ3n) is 2.88. The monoisotopic (exact) mass is 298 g/mol. The normalized spacial score (nSPS) is 10.5. The van der Waals surface area contributed by atoms with Crippen molar-refractivity contribution in [1.29, 1.82) is 0 Å². The molecule has 0 aliphatic rings. The highest BCUT2D eigenvalue weighted by atomic mass is 19.1. The summed E-state index contributed by atoms with van der Waals surface area (Å²) in [5.74, 6) is -0.317. The summed E-state index contributed by atoms with van der Waals surface area (Å²) in [4.78, 5) is 15.5. The summed E-state index contributed by atoms with van der Waals surface area (Å²) >= 11 is 0. The average molecular weight is 298 g/mol. The predicted molar refractivity (Wildman–Crippen MR) is 76.6 cm³/mol. The van der Waals surface area contributed by atoms with Crippen LogP contribution in [0.15, 0.2) is 47.0 Å². The second kappa shape index (κ2) is 5.72. The van der Waals surface area contributed by atoms with E-state index in [-0.39, 0.29) is 5.56 Å².